The van der Waals surface area contributed by atoms with Gasteiger partial charge in [0.15, 0.2) is 0 Å². The highest BCUT2D eigenvalue weighted by Gasteiger charge is 2.43. The lowest BCUT2D eigenvalue weighted by Crippen LogP contribution is -2.57. The van der Waals surface area contributed by atoms with Gasteiger partial charge < -0.3 is 10.1 Å². The van der Waals surface area contributed by atoms with Crippen LogP contribution in [0.25, 0.3) is 0 Å². The molecular weight excluding hydrogens is 204 g/mol. The maximum atomic E-state index is 11.7. The minimum Gasteiger partial charge on any atom is -0.468 e. The fourth-order valence-corrected chi connectivity index (χ4v) is 3.10. The lowest BCUT2D eigenvalue weighted by atomic mass is 10.0. The number of carbonyl (C=O) groups is 1. The summed E-state index contributed by atoms with van der Waals surface area (Å²) in [5.74, 6) is 0.696. The van der Waals surface area contributed by atoms with Gasteiger partial charge in [-0.1, -0.05) is 0 Å². The van der Waals surface area contributed by atoms with Gasteiger partial charge in [0.2, 0.25) is 0 Å². The zero-order chi connectivity index (χ0) is 11.8. The van der Waals surface area contributed by atoms with Crippen molar-refractivity contribution in [2.45, 2.75) is 37.8 Å². The van der Waals surface area contributed by atoms with Crippen molar-refractivity contribution in [3.8, 4) is 0 Å². The van der Waals surface area contributed by atoms with Crippen LogP contribution in [-0.2, 0) is 9.53 Å². The SMILES string of the molecule is CNC(C)(CN1CC2CCC1C2)C(=O)OC. The highest BCUT2D eigenvalue weighted by molar-refractivity contribution is 5.80. The summed E-state index contributed by atoms with van der Waals surface area (Å²) in [6.45, 7) is 3.83. The first-order valence-corrected chi connectivity index (χ1v) is 6.10. The van der Waals surface area contributed by atoms with E-state index in [4.69, 9.17) is 4.74 Å². The standard InChI is InChI=1S/C12H22N2O2/c1-12(13-2,11(15)16-3)8-14-7-9-4-5-10(14)6-9/h9-10,13H,4-8H2,1-3H3. The van der Waals surface area contributed by atoms with E-state index in [0.717, 1.165) is 19.0 Å². The molecule has 0 aromatic carbocycles. The number of methoxy groups -OCH3 is 1. The Morgan fingerprint density at radius 2 is 2.31 bits per heavy atom. The molecule has 0 aromatic heterocycles. The molecule has 1 heterocycles. The molecule has 2 bridgehead atoms. The predicted octanol–water partition coefficient (Wildman–Crippen LogP) is 0.622. The number of piperidine rings is 1. The lowest BCUT2D eigenvalue weighted by molar-refractivity contribution is -0.148. The monoisotopic (exact) mass is 226 g/mol. The Morgan fingerprint density at radius 3 is 2.75 bits per heavy atom. The number of rotatable bonds is 4. The molecule has 0 amide bonds. The van der Waals surface area contributed by atoms with Gasteiger partial charge in [-0.2, -0.15) is 0 Å². The van der Waals surface area contributed by atoms with Crippen molar-refractivity contribution in [1.29, 1.82) is 0 Å². The molecule has 4 heteroatoms. The quantitative estimate of drug-likeness (QED) is 0.714. The summed E-state index contributed by atoms with van der Waals surface area (Å²) < 4.78 is 4.87. The van der Waals surface area contributed by atoms with Gasteiger partial charge in [0.05, 0.1) is 7.11 Å². The number of carbonyl (C=O) groups excluding carboxylic acids is 1. The van der Waals surface area contributed by atoms with E-state index in [1.807, 2.05) is 14.0 Å². The number of likely N-dealkylation sites (tertiary alicyclic amines) is 1. The Bertz CT molecular complexity index is 282. The van der Waals surface area contributed by atoms with Gasteiger partial charge in [0.25, 0.3) is 0 Å². The number of fused-ring (bicyclic) bond motifs is 2. The zero-order valence-electron chi connectivity index (χ0n) is 10.5. The maximum Gasteiger partial charge on any atom is 0.327 e. The molecule has 2 aliphatic rings. The minimum atomic E-state index is -0.570. The fraction of sp³-hybridized carbons (Fsp3) is 0.917. The number of hydrogen-bond acceptors (Lipinski definition) is 4. The summed E-state index contributed by atoms with van der Waals surface area (Å²) in [5.41, 5.74) is -0.570. The molecule has 1 saturated carbocycles. The van der Waals surface area contributed by atoms with Gasteiger partial charge in [-0.3, -0.25) is 9.69 Å². The Balaban J connectivity index is 1.99. The Hall–Kier alpha value is -0.610. The van der Waals surface area contributed by atoms with Crippen molar-refractivity contribution in [1.82, 2.24) is 10.2 Å². The highest BCUT2D eigenvalue weighted by Crippen LogP contribution is 2.37. The van der Waals surface area contributed by atoms with E-state index < -0.39 is 5.54 Å². The van der Waals surface area contributed by atoms with Crippen LogP contribution in [0.3, 0.4) is 0 Å². The molecule has 1 aliphatic heterocycles. The van der Waals surface area contributed by atoms with Gasteiger partial charge >= 0.3 is 5.97 Å². The highest BCUT2D eigenvalue weighted by atomic mass is 16.5. The van der Waals surface area contributed by atoms with Gasteiger partial charge in [-0.05, 0) is 39.2 Å². The second-order valence-corrected chi connectivity index (χ2v) is 5.34. The summed E-state index contributed by atoms with van der Waals surface area (Å²) in [6.07, 6.45) is 3.99. The molecule has 0 aromatic rings. The molecule has 0 radical (unpaired) electrons. The first-order chi connectivity index (χ1) is 7.59. The average molecular weight is 226 g/mol. The fourth-order valence-electron chi connectivity index (χ4n) is 3.10. The molecule has 3 atom stereocenters. The van der Waals surface area contributed by atoms with Crippen molar-refractivity contribution in [2.24, 2.45) is 5.92 Å². The number of esters is 1. The molecule has 2 fully saturated rings. The summed E-state index contributed by atoms with van der Waals surface area (Å²) >= 11 is 0. The third-order valence-electron chi connectivity index (χ3n) is 4.23. The van der Waals surface area contributed by atoms with Crippen molar-refractivity contribution in [3.63, 3.8) is 0 Å². The van der Waals surface area contributed by atoms with E-state index in [9.17, 15) is 4.79 Å². The van der Waals surface area contributed by atoms with Crippen molar-refractivity contribution < 1.29 is 9.53 Å². The molecule has 16 heavy (non-hydrogen) atoms. The number of ether oxygens (including phenoxy) is 1. The van der Waals surface area contributed by atoms with Crippen LogP contribution in [-0.4, -0.2) is 49.7 Å². The van der Waals surface area contributed by atoms with Gasteiger partial charge in [0.1, 0.15) is 5.54 Å². The van der Waals surface area contributed by atoms with Crippen LogP contribution in [0.1, 0.15) is 26.2 Å². The number of hydrogen-bond donors (Lipinski definition) is 1. The third-order valence-corrected chi connectivity index (χ3v) is 4.23. The molecule has 1 saturated heterocycles. The number of nitrogens with one attached hydrogen (secondary N) is 1. The normalized spacial score (nSPS) is 32.7. The summed E-state index contributed by atoms with van der Waals surface area (Å²) in [5, 5.41) is 3.10. The molecule has 92 valence electrons. The molecule has 4 nitrogen and oxygen atoms in total. The largest absolute Gasteiger partial charge is 0.468 e. The smallest absolute Gasteiger partial charge is 0.327 e. The zero-order valence-corrected chi connectivity index (χ0v) is 10.5. The van der Waals surface area contributed by atoms with Crippen LogP contribution < -0.4 is 5.32 Å². The molecule has 3 unspecified atom stereocenters. The van der Waals surface area contributed by atoms with E-state index in [2.05, 4.69) is 10.2 Å². The second-order valence-electron chi connectivity index (χ2n) is 5.34. The molecule has 1 aliphatic carbocycles. The first kappa shape index (κ1) is 11.9. The maximum absolute atomic E-state index is 11.7. The summed E-state index contributed by atoms with van der Waals surface area (Å²) in [7, 11) is 3.28. The van der Waals surface area contributed by atoms with E-state index >= 15 is 0 Å². The number of nitrogens with zero attached hydrogens (tertiary/aromatic N) is 1. The topological polar surface area (TPSA) is 41.6 Å². The van der Waals surface area contributed by atoms with Crippen LogP contribution in [0.15, 0.2) is 0 Å². The summed E-state index contributed by atoms with van der Waals surface area (Å²) in [6, 6.07) is 0.697. The number of likely N-dealkylation sites (N-methyl/N-ethyl adjacent to an activating group) is 1. The molecular formula is C12H22N2O2. The lowest BCUT2D eigenvalue weighted by Gasteiger charge is -2.35. The van der Waals surface area contributed by atoms with Crippen LogP contribution in [0.2, 0.25) is 0 Å². The van der Waals surface area contributed by atoms with Crippen molar-refractivity contribution in [2.75, 3.05) is 27.2 Å². The van der Waals surface area contributed by atoms with E-state index in [0.29, 0.717) is 6.04 Å². The van der Waals surface area contributed by atoms with E-state index in [1.165, 1.54) is 26.4 Å². The average Bonchev–Trinajstić information content (AvgIpc) is 2.89. The molecule has 1 N–H and O–H groups in total. The summed E-state index contributed by atoms with van der Waals surface area (Å²) in [4.78, 5) is 14.2. The van der Waals surface area contributed by atoms with Gasteiger partial charge in [0, 0.05) is 19.1 Å². The molecule has 2 rings (SSSR count). The first-order valence-electron chi connectivity index (χ1n) is 6.10. The van der Waals surface area contributed by atoms with E-state index in [-0.39, 0.29) is 5.97 Å². The second kappa shape index (κ2) is 4.34. The third kappa shape index (κ3) is 1.96. The van der Waals surface area contributed by atoms with Crippen molar-refractivity contribution in [3.05, 3.63) is 0 Å². The van der Waals surface area contributed by atoms with Crippen LogP contribution in [0.5, 0.6) is 0 Å². The van der Waals surface area contributed by atoms with Crippen LogP contribution in [0.4, 0.5) is 0 Å². The van der Waals surface area contributed by atoms with Crippen molar-refractivity contribution >= 4 is 5.97 Å². The van der Waals surface area contributed by atoms with Crippen LogP contribution in [0, 0.1) is 5.92 Å². The molecule has 0 spiro atoms. The Morgan fingerprint density at radius 1 is 1.56 bits per heavy atom. The van der Waals surface area contributed by atoms with Gasteiger partial charge in [-0.25, -0.2) is 0 Å². The Labute approximate surface area is 97.3 Å². The Kier molecular flexibility index (Phi) is 3.22. The minimum absolute atomic E-state index is 0.169. The van der Waals surface area contributed by atoms with Crippen LogP contribution >= 0.6 is 0 Å². The predicted molar refractivity (Wildman–Crippen MR) is 62.2 cm³/mol. The van der Waals surface area contributed by atoms with Gasteiger partial charge in [-0.15, -0.1) is 0 Å². The van der Waals surface area contributed by atoms with E-state index in [1.54, 1.807) is 0 Å².